The van der Waals surface area contributed by atoms with Crippen molar-refractivity contribution >= 4 is 23.2 Å². The number of ether oxygens (including phenoxy) is 3. The average molecular weight is 340 g/mol. The van der Waals surface area contributed by atoms with Crippen LogP contribution >= 0.6 is 11.6 Å². The summed E-state index contributed by atoms with van der Waals surface area (Å²) < 4.78 is 28.7. The summed E-state index contributed by atoms with van der Waals surface area (Å²) in [6.45, 7) is 0. The van der Waals surface area contributed by atoms with E-state index in [0.717, 1.165) is 0 Å². The van der Waals surface area contributed by atoms with Crippen LogP contribution in [-0.4, -0.2) is 27.2 Å². The van der Waals surface area contributed by atoms with E-state index in [1.807, 2.05) is 0 Å². The summed E-state index contributed by atoms with van der Waals surface area (Å²) in [5.41, 5.74) is 0.601. The number of hydrogen-bond donors (Lipinski definition) is 1. The predicted molar refractivity (Wildman–Crippen MR) is 85.5 cm³/mol. The van der Waals surface area contributed by atoms with Crippen LogP contribution in [0.4, 0.5) is 10.1 Å². The Balaban J connectivity index is 2.35. The highest BCUT2D eigenvalue weighted by molar-refractivity contribution is 6.31. The summed E-state index contributed by atoms with van der Waals surface area (Å²) in [6.07, 6.45) is 0. The van der Waals surface area contributed by atoms with Crippen molar-refractivity contribution in [2.75, 3.05) is 26.6 Å². The number of methoxy groups -OCH3 is 3. The number of hydrogen-bond acceptors (Lipinski definition) is 4. The Morgan fingerprint density at radius 2 is 1.61 bits per heavy atom. The van der Waals surface area contributed by atoms with Gasteiger partial charge in [-0.1, -0.05) is 11.6 Å². The van der Waals surface area contributed by atoms with Gasteiger partial charge in [0.2, 0.25) is 0 Å². The minimum absolute atomic E-state index is 0.0814. The first-order valence-corrected chi connectivity index (χ1v) is 6.94. The van der Waals surface area contributed by atoms with Crippen LogP contribution < -0.4 is 19.5 Å². The zero-order valence-corrected chi connectivity index (χ0v) is 13.5. The maximum atomic E-state index is 13.2. The Labute approximate surface area is 137 Å². The summed E-state index contributed by atoms with van der Waals surface area (Å²) >= 11 is 5.70. The summed E-state index contributed by atoms with van der Waals surface area (Å²) in [7, 11) is 4.39. The van der Waals surface area contributed by atoms with Gasteiger partial charge < -0.3 is 19.5 Å². The fourth-order valence-corrected chi connectivity index (χ4v) is 2.16. The first-order chi connectivity index (χ1) is 11.0. The lowest BCUT2D eigenvalue weighted by molar-refractivity contribution is 0.102. The van der Waals surface area contributed by atoms with Crippen LogP contribution in [0.15, 0.2) is 30.3 Å². The highest BCUT2D eigenvalue weighted by atomic mass is 35.5. The largest absolute Gasteiger partial charge is 0.496 e. The van der Waals surface area contributed by atoms with Gasteiger partial charge in [-0.25, -0.2) is 4.39 Å². The van der Waals surface area contributed by atoms with Crippen molar-refractivity contribution in [3.63, 3.8) is 0 Å². The average Bonchev–Trinajstić information content (AvgIpc) is 2.56. The SMILES string of the molecule is COc1cc(OC)c(C(=O)Nc2ccc(F)c(Cl)c2)cc1OC. The zero-order valence-electron chi connectivity index (χ0n) is 12.8. The molecule has 0 aliphatic carbocycles. The summed E-state index contributed by atoms with van der Waals surface area (Å²) in [5.74, 6) is 0.119. The van der Waals surface area contributed by atoms with Gasteiger partial charge in [-0.3, -0.25) is 4.79 Å². The molecule has 0 heterocycles. The molecule has 2 aromatic rings. The highest BCUT2D eigenvalue weighted by Crippen LogP contribution is 2.35. The smallest absolute Gasteiger partial charge is 0.259 e. The molecule has 0 aliphatic heterocycles. The molecule has 1 N–H and O–H groups in total. The van der Waals surface area contributed by atoms with Gasteiger partial charge in [-0.2, -0.15) is 0 Å². The fourth-order valence-electron chi connectivity index (χ4n) is 1.98. The second-order valence-corrected chi connectivity index (χ2v) is 4.90. The van der Waals surface area contributed by atoms with E-state index in [1.165, 1.54) is 45.6 Å². The number of nitrogens with one attached hydrogen (secondary N) is 1. The molecule has 2 aromatic carbocycles. The molecule has 0 aliphatic rings. The molecule has 5 nitrogen and oxygen atoms in total. The minimum Gasteiger partial charge on any atom is -0.496 e. The molecule has 2 rings (SSSR count). The van der Waals surface area contributed by atoms with Gasteiger partial charge in [0.1, 0.15) is 11.6 Å². The van der Waals surface area contributed by atoms with E-state index in [2.05, 4.69) is 5.32 Å². The lowest BCUT2D eigenvalue weighted by Crippen LogP contribution is -2.13. The molecule has 0 bridgehead atoms. The van der Waals surface area contributed by atoms with E-state index in [9.17, 15) is 9.18 Å². The number of carbonyl (C=O) groups is 1. The van der Waals surface area contributed by atoms with Crippen molar-refractivity contribution in [1.29, 1.82) is 0 Å². The topological polar surface area (TPSA) is 56.8 Å². The lowest BCUT2D eigenvalue weighted by atomic mass is 10.1. The first-order valence-electron chi connectivity index (χ1n) is 6.56. The van der Waals surface area contributed by atoms with Crippen molar-refractivity contribution in [1.82, 2.24) is 0 Å². The van der Waals surface area contributed by atoms with Crippen LogP contribution in [0.25, 0.3) is 0 Å². The molecular weight excluding hydrogens is 325 g/mol. The van der Waals surface area contributed by atoms with Gasteiger partial charge in [0.15, 0.2) is 11.5 Å². The summed E-state index contributed by atoms with van der Waals surface area (Å²) in [4.78, 5) is 12.4. The number of benzene rings is 2. The van der Waals surface area contributed by atoms with Crippen LogP contribution in [0.1, 0.15) is 10.4 Å². The van der Waals surface area contributed by atoms with Crippen molar-refractivity contribution in [3.05, 3.63) is 46.7 Å². The monoisotopic (exact) mass is 339 g/mol. The molecule has 0 spiro atoms. The third-order valence-electron chi connectivity index (χ3n) is 3.13. The molecule has 0 saturated heterocycles. The molecule has 0 unspecified atom stereocenters. The molecule has 122 valence electrons. The Morgan fingerprint density at radius 1 is 1.00 bits per heavy atom. The van der Waals surface area contributed by atoms with Crippen LogP contribution in [0, 0.1) is 5.82 Å². The van der Waals surface area contributed by atoms with Gasteiger partial charge in [0, 0.05) is 17.8 Å². The van der Waals surface area contributed by atoms with E-state index in [0.29, 0.717) is 22.9 Å². The number of rotatable bonds is 5. The highest BCUT2D eigenvalue weighted by Gasteiger charge is 2.18. The summed E-state index contributed by atoms with van der Waals surface area (Å²) in [5, 5.41) is 2.54. The number of amides is 1. The zero-order chi connectivity index (χ0) is 17.0. The van der Waals surface area contributed by atoms with E-state index >= 15 is 0 Å². The van der Waals surface area contributed by atoms with E-state index in [1.54, 1.807) is 6.07 Å². The standard InChI is InChI=1S/C16H15ClFNO4/c1-21-13-8-15(23-3)14(22-2)7-10(13)16(20)19-9-4-5-12(18)11(17)6-9/h4-8H,1-3H3,(H,19,20). The second kappa shape index (κ2) is 7.19. The predicted octanol–water partition coefficient (Wildman–Crippen LogP) is 3.76. The Bertz CT molecular complexity index is 736. The molecular formula is C16H15ClFNO4. The van der Waals surface area contributed by atoms with Crippen molar-refractivity contribution in [2.24, 2.45) is 0 Å². The lowest BCUT2D eigenvalue weighted by Gasteiger charge is -2.14. The molecule has 1 amide bonds. The number of carbonyl (C=O) groups excluding carboxylic acids is 1. The Hall–Kier alpha value is -2.47. The van der Waals surface area contributed by atoms with Crippen molar-refractivity contribution in [2.45, 2.75) is 0 Å². The maximum absolute atomic E-state index is 13.2. The van der Waals surface area contributed by atoms with Gasteiger partial charge in [0.05, 0.1) is 31.9 Å². The number of anilines is 1. The third kappa shape index (κ3) is 3.65. The Morgan fingerprint density at radius 3 is 2.17 bits per heavy atom. The fraction of sp³-hybridized carbons (Fsp3) is 0.188. The van der Waals surface area contributed by atoms with Crippen LogP contribution in [-0.2, 0) is 0 Å². The quantitative estimate of drug-likeness (QED) is 0.901. The van der Waals surface area contributed by atoms with E-state index in [-0.39, 0.29) is 10.6 Å². The van der Waals surface area contributed by atoms with Crippen molar-refractivity contribution < 1.29 is 23.4 Å². The second-order valence-electron chi connectivity index (χ2n) is 4.49. The van der Waals surface area contributed by atoms with Gasteiger partial charge >= 0.3 is 0 Å². The first kappa shape index (κ1) is 16.9. The van der Waals surface area contributed by atoms with E-state index < -0.39 is 11.7 Å². The molecule has 0 radical (unpaired) electrons. The molecule has 0 atom stereocenters. The third-order valence-corrected chi connectivity index (χ3v) is 3.42. The number of halogens is 2. The molecule has 0 aromatic heterocycles. The molecule has 23 heavy (non-hydrogen) atoms. The van der Waals surface area contributed by atoms with Crippen LogP contribution in [0.2, 0.25) is 5.02 Å². The van der Waals surface area contributed by atoms with Crippen LogP contribution in [0.5, 0.6) is 17.2 Å². The minimum atomic E-state index is -0.562. The maximum Gasteiger partial charge on any atom is 0.259 e. The van der Waals surface area contributed by atoms with Crippen LogP contribution in [0.3, 0.4) is 0 Å². The van der Waals surface area contributed by atoms with E-state index in [4.69, 9.17) is 25.8 Å². The normalized spacial score (nSPS) is 10.1. The van der Waals surface area contributed by atoms with Gasteiger partial charge in [0.25, 0.3) is 5.91 Å². The molecule has 7 heteroatoms. The molecule has 0 fully saturated rings. The van der Waals surface area contributed by atoms with Gasteiger partial charge in [-0.05, 0) is 18.2 Å². The van der Waals surface area contributed by atoms with Crippen molar-refractivity contribution in [3.8, 4) is 17.2 Å². The Kier molecular flexibility index (Phi) is 5.28. The molecule has 0 saturated carbocycles. The summed E-state index contributed by atoms with van der Waals surface area (Å²) in [6, 6.07) is 6.95. The van der Waals surface area contributed by atoms with Gasteiger partial charge in [-0.15, -0.1) is 0 Å².